The highest BCUT2D eigenvalue weighted by atomic mass is 32.2. The Balaban J connectivity index is 1.96. The first-order valence-corrected chi connectivity index (χ1v) is 16.2. The summed E-state index contributed by atoms with van der Waals surface area (Å²) in [5, 5.41) is 11.0. The van der Waals surface area contributed by atoms with Crippen LogP contribution in [0.1, 0.15) is 58.9 Å². The summed E-state index contributed by atoms with van der Waals surface area (Å²) in [6.07, 6.45) is 3.84. The highest BCUT2D eigenvalue weighted by molar-refractivity contribution is 8.18. The predicted molar refractivity (Wildman–Crippen MR) is 136 cm³/mol. The van der Waals surface area contributed by atoms with E-state index in [-0.39, 0.29) is 15.2 Å². The zero-order valence-corrected chi connectivity index (χ0v) is 22.4. The smallest absolute Gasteiger partial charge is 0.192 e. The van der Waals surface area contributed by atoms with Crippen molar-refractivity contribution in [3.8, 4) is 0 Å². The molecule has 1 saturated heterocycles. The van der Waals surface area contributed by atoms with Gasteiger partial charge in [0.1, 0.15) is 0 Å². The molecule has 172 valence electrons. The highest BCUT2D eigenvalue weighted by Crippen LogP contribution is 2.50. The first kappa shape index (κ1) is 26.3. The number of aliphatic hydroxyl groups is 1. The van der Waals surface area contributed by atoms with Gasteiger partial charge in [-0.25, -0.2) is 0 Å². The van der Waals surface area contributed by atoms with Crippen molar-refractivity contribution in [2.75, 3.05) is 18.1 Å². The fourth-order valence-electron chi connectivity index (χ4n) is 3.45. The van der Waals surface area contributed by atoms with E-state index < -0.39 is 14.4 Å². The summed E-state index contributed by atoms with van der Waals surface area (Å²) in [4.78, 5) is 0. The molecule has 0 aliphatic carbocycles. The van der Waals surface area contributed by atoms with E-state index >= 15 is 0 Å². The predicted octanol–water partition coefficient (Wildman–Crippen LogP) is 6.71. The van der Waals surface area contributed by atoms with Gasteiger partial charge in [-0.3, -0.25) is 0 Å². The van der Waals surface area contributed by atoms with Gasteiger partial charge in [-0.1, -0.05) is 58.0 Å². The van der Waals surface area contributed by atoms with Gasteiger partial charge in [-0.15, -0.1) is 23.5 Å². The second-order valence-electron chi connectivity index (χ2n) is 9.93. The molecular weight excluding hydrogens is 428 g/mol. The largest absolute Gasteiger partial charge is 0.414 e. The number of hydrogen-bond acceptors (Lipinski definition) is 5. The first-order valence-electron chi connectivity index (χ1n) is 11.3. The topological polar surface area (TPSA) is 38.7 Å². The van der Waals surface area contributed by atoms with Crippen molar-refractivity contribution in [2.45, 2.75) is 94.4 Å². The number of benzene rings is 1. The Hall–Kier alpha value is 0.0169. The molecular formula is C24H42O3S2Si. The van der Waals surface area contributed by atoms with E-state index in [1.54, 1.807) is 0 Å². The van der Waals surface area contributed by atoms with Crippen molar-refractivity contribution >= 4 is 31.8 Å². The van der Waals surface area contributed by atoms with Crippen molar-refractivity contribution in [3.05, 3.63) is 35.9 Å². The molecule has 1 aromatic carbocycles. The molecule has 0 amide bonds. The lowest BCUT2D eigenvalue weighted by Crippen LogP contribution is -2.46. The Kier molecular flexibility index (Phi) is 10.3. The number of rotatable bonds is 11. The molecule has 0 unspecified atom stereocenters. The molecule has 2 rings (SSSR count). The molecule has 0 saturated carbocycles. The highest BCUT2D eigenvalue weighted by Gasteiger charge is 2.43. The van der Waals surface area contributed by atoms with E-state index in [1.165, 1.54) is 17.9 Å². The van der Waals surface area contributed by atoms with E-state index in [0.29, 0.717) is 13.2 Å². The SMILES string of the molecule is CC[C@H](CC1(C[C@H](O)COCc2ccccc2)SCCCS1)O[Si](C)(C)C(C)(C)C. The molecule has 0 aromatic heterocycles. The summed E-state index contributed by atoms with van der Waals surface area (Å²) in [5.41, 5.74) is 1.15. The molecule has 1 aliphatic heterocycles. The number of ether oxygens (including phenoxy) is 1. The van der Waals surface area contributed by atoms with Crippen molar-refractivity contribution in [2.24, 2.45) is 0 Å². The lowest BCUT2D eigenvalue weighted by atomic mass is 10.1. The van der Waals surface area contributed by atoms with Crippen LogP contribution in [0, 0.1) is 0 Å². The fraction of sp³-hybridized carbons (Fsp3) is 0.750. The van der Waals surface area contributed by atoms with Crippen LogP contribution >= 0.6 is 23.5 Å². The van der Waals surface area contributed by atoms with Gasteiger partial charge in [0.05, 0.1) is 23.4 Å². The van der Waals surface area contributed by atoms with Gasteiger partial charge < -0.3 is 14.3 Å². The van der Waals surface area contributed by atoms with Crippen LogP contribution in [0.3, 0.4) is 0 Å². The van der Waals surface area contributed by atoms with Crippen molar-refractivity contribution in [1.82, 2.24) is 0 Å². The number of thioether (sulfide) groups is 2. The second-order valence-corrected chi connectivity index (χ2v) is 17.9. The summed E-state index contributed by atoms with van der Waals surface area (Å²) in [6, 6.07) is 10.2. The lowest BCUT2D eigenvalue weighted by Gasteiger charge is -2.44. The second kappa shape index (κ2) is 11.8. The number of hydrogen-bond donors (Lipinski definition) is 1. The lowest BCUT2D eigenvalue weighted by molar-refractivity contribution is 0.0211. The Morgan fingerprint density at radius 3 is 2.30 bits per heavy atom. The molecule has 1 fully saturated rings. The van der Waals surface area contributed by atoms with E-state index in [2.05, 4.69) is 52.9 Å². The van der Waals surface area contributed by atoms with E-state index in [1.807, 2.05) is 41.7 Å². The van der Waals surface area contributed by atoms with Crippen LogP contribution in [-0.4, -0.2) is 47.8 Å². The van der Waals surface area contributed by atoms with Crippen LogP contribution in [0.15, 0.2) is 30.3 Å². The molecule has 1 aromatic rings. The van der Waals surface area contributed by atoms with Gasteiger partial charge in [-0.2, -0.15) is 0 Å². The van der Waals surface area contributed by atoms with Crippen molar-refractivity contribution in [1.29, 1.82) is 0 Å². The van der Waals surface area contributed by atoms with Crippen LogP contribution < -0.4 is 0 Å². The van der Waals surface area contributed by atoms with E-state index in [0.717, 1.165) is 24.8 Å². The molecule has 0 bridgehead atoms. The average Bonchev–Trinajstić information content (AvgIpc) is 2.68. The minimum absolute atomic E-state index is 0.0246. The molecule has 2 atom stereocenters. The Labute approximate surface area is 194 Å². The Morgan fingerprint density at radius 2 is 1.73 bits per heavy atom. The summed E-state index contributed by atoms with van der Waals surface area (Å²) in [6.45, 7) is 14.8. The Bertz CT molecular complexity index is 613. The molecule has 1 heterocycles. The molecule has 0 radical (unpaired) electrons. The maximum absolute atomic E-state index is 10.8. The average molecular weight is 471 g/mol. The van der Waals surface area contributed by atoms with Gasteiger partial charge in [0.15, 0.2) is 8.32 Å². The molecule has 6 heteroatoms. The standard InChI is InChI=1S/C24H42O3S2Si/c1-7-22(27-30(5,6)23(2,3)4)17-24(28-14-11-15-29-24)16-21(25)19-26-18-20-12-9-8-10-13-20/h8-10,12-13,21-22,25H,7,11,14-19H2,1-6H3/t21-,22+/m0/s1. The quantitative estimate of drug-likeness (QED) is 0.364. The van der Waals surface area contributed by atoms with Crippen LogP contribution in [-0.2, 0) is 15.8 Å². The molecule has 0 spiro atoms. The van der Waals surface area contributed by atoms with Crippen LogP contribution in [0.2, 0.25) is 18.1 Å². The van der Waals surface area contributed by atoms with E-state index in [9.17, 15) is 5.11 Å². The zero-order chi connectivity index (χ0) is 22.3. The van der Waals surface area contributed by atoms with Gasteiger partial charge in [-0.05, 0) is 60.9 Å². The summed E-state index contributed by atoms with van der Waals surface area (Å²) < 4.78 is 12.7. The minimum atomic E-state index is -1.81. The normalized spacial score (nSPS) is 19.4. The van der Waals surface area contributed by atoms with Gasteiger partial charge >= 0.3 is 0 Å². The summed E-state index contributed by atoms with van der Waals surface area (Å²) in [7, 11) is -1.81. The maximum Gasteiger partial charge on any atom is 0.192 e. The third kappa shape index (κ3) is 8.17. The first-order chi connectivity index (χ1) is 14.1. The van der Waals surface area contributed by atoms with Crippen molar-refractivity contribution in [3.63, 3.8) is 0 Å². The van der Waals surface area contributed by atoms with Crippen LogP contribution in [0.25, 0.3) is 0 Å². The summed E-state index contributed by atoms with van der Waals surface area (Å²) in [5.74, 6) is 2.34. The third-order valence-corrected chi connectivity index (χ3v) is 14.2. The Morgan fingerprint density at radius 1 is 1.10 bits per heavy atom. The van der Waals surface area contributed by atoms with E-state index in [4.69, 9.17) is 9.16 Å². The minimum Gasteiger partial charge on any atom is -0.414 e. The third-order valence-electron chi connectivity index (χ3n) is 6.25. The van der Waals surface area contributed by atoms with Crippen LogP contribution in [0.4, 0.5) is 0 Å². The van der Waals surface area contributed by atoms with Crippen molar-refractivity contribution < 1.29 is 14.3 Å². The molecule has 30 heavy (non-hydrogen) atoms. The van der Waals surface area contributed by atoms with Gasteiger partial charge in [0, 0.05) is 6.10 Å². The fourth-order valence-corrected chi connectivity index (χ4v) is 8.45. The van der Waals surface area contributed by atoms with Gasteiger partial charge in [0.2, 0.25) is 0 Å². The molecule has 1 N–H and O–H groups in total. The van der Waals surface area contributed by atoms with Gasteiger partial charge in [0.25, 0.3) is 0 Å². The molecule has 3 nitrogen and oxygen atoms in total. The summed E-state index contributed by atoms with van der Waals surface area (Å²) >= 11 is 4.06. The molecule has 1 aliphatic rings. The van der Waals surface area contributed by atoms with Crippen LogP contribution in [0.5, 0.6) is 0 Å². The number of aliphatic hydroxyl groups excluding tert-OH is 1. The monoisotopic (exact) mass is 470 g/mol. The maximum atomic E-state index is 10.8. The zero-order valence-electron chi connectivity index (χ0n) is 19.8.